The molecule has 13 heavy (non-hydrogen) atoms. The molecule has 0 aliphatic carbocycles. The van der Waals surface area contributed by atoms with E-state index < -0.39 is 0 Å². The maximum Gasteiger partial charge on any atom is 0.0317 e. The van der Waals surface area contributed by atoms with Crippen LogP contribution < -0.4 is 5.73 Å². The molecular weight excluding hydrogens is 160 g/mol. The van der Waals surface area contributed by atoms with Crippen LogP contribution in [0.15, 0.2) is 18.2 Å². The summed E-state index contributed by atoms with van der Waals surface area (Å²) in [5, 5.41) is 0. The van der Waals surface area contributed by atoms with Crippen LogP contribution in [0.25, 0.3) is 0 Å². The second kappa shape index (κ2) is 3.38. The Morgan fingerprint density at radius 2 is 2.08 bits per heavy atom. The molecule has 1 heterocycles. The predicted octanol–water partition coefficient (Wildman–Crippen LogP) is 1.99. The molecule has 1 aromatic carbocycles. The van der Waals surface area contributed by atoms with E-state index in [-0.39, 0.29) is 0 Å². The molecule has 0 spiro atoms. The zero-order chi connectivity index (χ0) is 9.26. The zero-order valence-corrected chi connectivity index (χ0v) is 8.09. The van der Waals surface area contributed by atoms with E-state index in [0.29, 0.717) is 0 Å². The topological polar surface area (TPSA) is 29.3 Å². The first-order valence-corrected chi connectivity index (χ1v) is 4.89. The van der Waals surface area contributed by atoms with Gasteiger partial charge in [0.1, 0.15) is 0 Å². The van der Waals surface area contributed by atoms with Crippen molar-refractivity contribution in [3.63, 3.8) is 0 Å². The van der Waals surface area contributed by atoms with Gasteiger partial charge < -0.3 is 5.73 Å². The first-order chi connectivity index (χ1) is 6.29. The molecule has 70 valence electrons. The Morgan fingerprint density at radius 3 is 2.85 bits per heavy atom. The highest BCUT2D eigenvalue weighted by Crippen LogP contribution is 2.24. The van der Waals surface area contributed by atoms with E-state index in [4.69, 9.17) is 5.73 Å². The number of nitrogens with two attached hydrogens (primary N) is 1. The van der Waals surface area contributed by atoms with E-state index in [9.17, 15) is 0 Å². The van der Waals surface area contributed by atoms with Gasteiger partial charge in [0, 0.05) is 18.8 Å². The number of hydrogen-bond donors (Lipinski definition) is 1. The Labute approximate surface area is 79.4 Å². The Bertz CT molecular complexity index is 307. The van der Waals surface area contributed by atoms with Crippen molar-refractivity contribution in [1.82, 2.24) is 4.90 Å². The fourth-order valence-corrected chi connectivity index (χ4v) is 1.96. The van der Waals surface area contributed by atoms with E-state index in [1.807, 2.05) is 6.07 Å². The van der Waals surface area contributed by atoms with E-state index in [1.165, 1.54) is 24.1 Å². The molecular formula is C11H16N2. The summed E-state index contributed by atoms with van der Waals surface area (Å²) in [4.78, 5) is 2.46. The van der Waals surface area contributed by atoms with E-state index in [2.05, 4.69) is 24.0 Å². The Hall–Kier alpha value is -1.02. The monoisotopic (exact) mass is 176 g/mol. The van der Waals surface area contributed by atoms with Crippen LogP contribution in [0.1, 0.15) is 24.5 Å². The molecule has 0 saturated carbocycles. The van der Waals surface area contributed by atoms with Gasteiger partial charge in [-0.05, 0) is 36.2 Å². The first kappa shape index (κ1) is 8.57. The maximum atomic E-state index is 5.73. The molecule has 2 N–H and O–H groups in total. The van der Waals surface area contributed by atoms with Gasteiger partial charge in [-0.25, -0.2) is 0 Å². The van der Waals surface area contributed by atoms with Gasteiger partial charge in [-0.2, -0.15) is 0 Å². The number of benzene rings is 1. The van der Waals surface area contributed by atoms with Gasteiger partial charge in [0.15, 0.2) is 0 Å². The fourth-order valence-electron chi connectivity index (χ4n) is 1.96. The first-order valence-electron chi connectivity index (χ1n) is 4.89. The van der Waals surface area contributed by atoms with Crippen molar-refractivity contribution in [2.75, 3.05) is 12.3 Å². The molecule has 0 atom stereocenters. The van der Waals surface area contributed by atoms with Gasteiger partial charge in [0.05, 0.1) is 0 Å². The molecule has 2 rings (SSSR count). The molecule has 0 amide bonds. The molecule has 1 aliphatic rings. The minimum atomic E-state index is 0.886. The molecule has 0 fully saturated rings. The number of hydrogen-bond acceptors (Lipinski definition) is 2. The van der Waals surface area contributed by atoms with Crippen molar-refractivity contribution in [1.29, 1.82) is 0 Å². The lowest BCUT2D eigenvalue weighted by Crippen LogP contribution is -2.16. The fraction of sp³-hybridized carbons (Fsp3) is 0.455. The number of rotatable bonds is 2. The summed E-state index contributed by atoms with van der Waals surface area (Å²) in [5.74, 6) is 0. The zero-order valence-electron chi connectivity index (χ0n) is 8.09. The number of anilines is 1. The van der Waals surface area contributed by atoms with Gasteiger partial charge >= 0.3 is 0 Å². The molecule has 2 heteroatoms. The van der Waals surface area contributed by atoms with Gasteiger partial charge in [-0.3, -0.25) is 4.90 Å². The highest BCUT2D eigenvalue weighted by Gasteiger charge is 2.17. The van der Waals surface area contributed by atoms with Crippen molar-refractivity contribution in [3.05, 3.63) is 29.3 Å². The summed E-state index contributed by atoms with van der Waals surface area (Å²) < 4.78 is 0. The van der Waals surface area contributed by atoms with Gasteiger partial charge in [0.2, 0.25) is 0 Å². The van der Waals surface area contributed by atoms with Crippen LogP contribution in [0.4, 0.5) is 5.69 Å². The quantitative estimate of drug-likeness (QED) is 0.698. The summed E-state index contributed by atoms with van der Waals surface area (Å²) in [6, 6.07) is 6.25. The summed E-state index contributed by atoms with van der Waals surface area (Å²) in [6.07, 6.45) is 1.23. The van der Waals surface area contributed by atoms with E-state index in [0.717, 1.165) is 18.8 Å². The maximum absolute atomic E-state index is 5.73. The molecule has 1 aromatic rings. The summed E-state index contributed by atoms with van der Waals surface area (Å²) in [5.41, 5.74) is 9.48. The standard InChI is InChI=1S/C11H16N2/c1-2-5-13-7-9-3-4-11(12)6-10(9)8-13/h3-4,6H,2,5,7-8,12H2,1H3. The van der Waals surface area contributed by atoms with Crippen molar-refractivity contribution in [3.8, 4) is 0 Å². The average Bonchev–Trinajstić information content (AvgIpc) is 2.46. The number of fused-ring (bicyclic) bond motifs is 1. The van der Waals surface area contributed by atoms with E-state index in [1.54, 1.807) is 0 Å². The molecule has 0 aromatic heterocycles. The number of nitrogen functional groups attached to an aromatic ring is 1. The van der Waals surface area contributed by atoms with Crippen LogP contribution in [-0.4, -0.2) is 11.4 Å². The Morgan fingerprint density at radius 1 is 1.31 bits per heavy atom. The van der Waals surface area contributed by atoms with Crippen molar-refractivity contribution in [2.24, 2.45) is 0 Å². The van der Waals surface area contributed by atoms with Crippen LogP contribution in [0.5, 0.6) is 0 Å². The highest BCUT2D eigenvalue weighted by atomic mass is 15.1. The predicted molar refractivity (Wildman–Crippen MR) is 55.3 cm³/mol. The smallest absolute Gasteiger partial charge is 0.0317 e. The van der Waals surface area contributed by atoms with Gasteiger partial charge in [-0.1, -0.05) is 13.0 Å². The SMILES string of the molecule is CCCN1Cc2ccc(N)cc2C1. The third kappa shape index (κ3) is 1.68. The third-order valence-electron chi connectivity index (χ3n) is 2.56. The molecule has 0 unspecified atom stereocenters. The number of nitrogens with zero attached hydrogens (tertiary/aromatic N) is 1. The molecule has 0 radical (unpaired) electrons. The minimum absolute atomic E-state index is 0.886. The highest BCUT2D eigenvalue weighted by molar-refractivity contribution is 5.46. The lowest BCUT2D eigenvalue weighted by atomic mass is 10.1. The molecule has 0 saturated heterocycles. The van der Waals surface area contributed by atoms with Crippen molar-refractivity contribution < 1.29 is 0 Å². The van der Waals surface area contributed by atoms with Crippen LogP contribution in [0.2, 0.25) is 0 Å². The van der Waals surface area contributed by atoms with Crippen LogP contribution in [-0.2, 0) is 13.1 Å². The van der Waals surface area contributed by atoms with E-state index >= 15 is 0 Å². The van der Waals surface area contributed by atoms with Crippen LogP contribution in [0.3, 0.4) is 0 Å². The largest absolute Gasteiger partial charge is 0.399 e. The summed E-state index contributed by atoms with van der Waals surface area (Å²) in [6.45, 7) is 5.59. The average molecular weight is 176 g/mol. The third-order valence-corrected chi connectivity index (χ3v) is 2.56. The molecule has 1 aliphatic heterocycles. The van der Waals surface area contributed by atoms with Crippen molar-refractivity contribution >= 4 is 5.69 Å². The molecule has 2 nitrogen and oxygen atoms in total. The van der Waals surface area contributed by atoms with Crippen LogP contribution >= 0.6 is 0 Å². The van der Waals surface area contributed by atoms with Gasteiger partial charge in [-0.15, -0.1) is 0 Å². The van der Waals surface area contributed by atoms with Gasteiger partial charge in [0.25, 0.3) is 0 Å². The summed E-state index contributed by atoms with van der Waals surface area (Å²) in [7, 11) is 0. The lowest BCUT2D eigenvalue weighted by molar-refractivity contribution is 0.285. The Balaban J connectivity index is 2.16. The second-order valence-corrected chi connectivity index (χ2v) is 3.74. The molecule has 0 bridgehead atoms. The Kier molecular flexibility index (Phi) is 2.23. The summed E-state index contributed by atoms with van der Waals surface area (Å²) >= 11 is 0. The minimum Gasteiger partial charge on any atom is -0.399 e. The van der Waals surface area contributed by atoms with Crippen molar-refractivity contribution in [2.45, 2.75) is 26.4 Å². The second-order valence-electron chi connectivity index (χ2n) is 3.74. The van der Waals surface area contributed by atoms with Crippen LogP contribution in [0, 0.1) is 0 Å². The lowest BCUT2D eigenvalue weighted by Gasteiger charge is -2.11. The normalized spacial score (nSPS) is 16.1.